The molecule has 0 radical (unpaired) electrons. The van der Waals surface area contributed by atoms with Crippen molar-refractivity contribution < 1.29 is 0 Å². The summed E-state index contributed by atoms with van der Waals surface area (Å²) in [7, 11) is 0. The highest BCUT2D eigenvalue weighted by Crippen LogP contribution is 2.31. The summed E-state index contributed by atoms with van der Waals surface area (Å²) in [6.07, 6.45) is 4.67. The predicted molar refractivity (Wildman–Crippen MR) is 70.8 cm³/mol. The van der Waals surface area contributed by atoms with Gasteiger partial charge in [0.2, 0.25) is 0 Å². The van der Waals surface area contributed by atoms with Gasteiger partial charge in [-0.3, -0.25) is 0 Å². The number of piperidine rings is 1. The molecule has 0 spiro atoms. The monoisotopic (exact) mass is 285 g/mol. The van der Waals surface area contributed by atoms with Gasteiger partial charge in [-0.1, -0.05) is 15.9 Å². The van der Waals surface area contributed by atoms with Crippen LogP contribution in [0.5, 0.6) is 0 Å². The molecule has 0 amide bonds. The van der Waals surface area contributed by atoms with E-state index in [1.54, 1.807) is 0 Å². The molecule has 0 aliphatic carbocycles. The molecule has 1 fully saturated rings. The molecule has 1 heterocycles. The lowest BCUT2D eigenvalue weighted by Gasteiger charge is -2.23. The first-order valence-electron chi connectivity index (χ1n) is 5.35. The van der Waals surface area contributed by atoms with Gasteiger partial charge in [0.1, 0.15) is 0 Å². The molecule has 1 aromatic carbocycles. The van der Waals surface area contributed by atoms with Gasteiger partial charge in [-0.05, 0) is 61.9 Å². The van der Waals surface area contributed by atoms with Crippen molar-refractivity contribution >= 4 is 27.7 Å². The van der Waals surface area contributed by atoms with Crippen LogP contribution in [0.15, 0.2) is 27.6 Å². The number of hydrogen-bond donors (Lipinski definition) is 1. The quantitative estimate of drug-likeness (QED) is 0.833. The molecule has 1 aliphatic rings. The maximum absolute atomic E-state index is 3.59. The third-order valence-electron chi connectivity index (χ3n) is 2.94. The number of halogens is 1. The minimum absolute atomic E-state index is 0.745. The Hall–Kier alpha value is 0.01000. The molecule has 1 saturated heterocycles. The Morgan fingerprint density at radius 2 is 2.00 bits per heavy atom. The van der Waals surface area contributed by atoms with Crippen molar-refractivity contribution in [2.45, 2.75) is 23.7 Å². The molecule has 0 aromatic heterocycles. The summed E-state index contributed by atoms with van der Waals surface area (Å²) in [5.74, 6) is 0.745. The zero-order valence-corrected chi connectivity index (χ0v) is 11.3. The van der Waals surface area contributed by atoms with Crippen LogP contribution in [0.4, 0.5) is 0 Å². The van der Waals surface area contributed by atoms with E-state index in [4.69, 9.17) is 0 Å². The van der Waals surface area contributed by atoms with E-state index in [1.807, 2.05) is 11.8 Å². The van der Waals surface area contributed by atoms with Crippen LogP contribution < -0.4 is 5.32 Å². The van der Waals surface area contributed by atoms with E-state index in [-0.39, 0.29) is 0 Å². The molecule has 0 atom stereocenters. The topological polar surface area (TPSA) is 12.0 Å². The van der Waals surface area contributed by atoms with Gasteiger partial charge in [0, 0.05) is 9.37 Å². The van der Waals surface area contributed by atoms with Crippen molar-refractivity contribution in [3.8, 4) is 0 Å². The van der Waals surface area contributed by atoms with Crippen LogP contribution in [0.3, 0.4) is 0 Å². The van der Waals surface area contributed by atoms with E-state index in [9.17, 15) is 0 Å². The molecule has 0 saturated carbocycles. The third-order valence-corrected chi connectivity index (χ3v) is 4.10. The van der Waals surface area contributed by atoms with E-state index in [2.05, 4.69) is 45.7 Å². The van der Waals surface area contributed by atoms with Crippen molar-refractivity contribution in [3.63, 3.8) is 0 Å². The molecule has 1 aliphatic heterocycles. The number of hydrogen-bond acceptors (Lipinski definition) is 2. The van der Waals surface area contributed by atoms with Gasteiger partial charge < -0.3 is 5.32 Å². The Labute approximate surface area is 104 Å². The number of nitrogens with one attached hydrogen (secondary N) is 1. The van der Waals surface area contributed by atoms with Gasteiger partial charge in [-0.25, -0.2) is 0 Å². The van der Waals surface area contributed by atoms with Crippen LogP contribution in [0.25, 0.3) is 0 Å². The van der Waals surface area contributed by atoms with Gasteiger partial charge in [0.15, 0.2) is 0 Å². The molecule has 0 unspecified atom stereocenters. The van der Waals surface area contributed by atoms with Gasteiger partial charge in [-0.15, -0.1) is 11.8 Å². The van der Waals surface area contributed by atoms with Crippen LogP contribution in [-0.4, -0.2) is 19.3 Å². The number of rotatable bonds is 2. The first-order valence-corrected chi connectivity index (χ1v) is 7.36. The van der Waals surface area contributed by atoms with E-state index in [1.165, 1.54) is 27.8 Å². The summed E-state index contributed by atoms with van der Waals surface area (Å²) in [4.78, 5) is 1.36. The SMILES string of the molecule is CSc1cc(Br)cc(C2CCNCC2)c1. The van der Waals surface area contributed by atoms with Crippen LogP contribution in [-0.2, 0) is 0 Å². The van der Waals surface area contributed by atoms with Gasteiger partial charge in [0.25, 0.3) is 0 Å². The van der Waals surface area contributed by atoms with Crippen molar-refractivity contribution in [1.29, 1.82) is 0 Å². The van der Waals surface area contributed by atoms with Crippen molar-refractivity contribution in [2.24, 2.45) is 0 Å². The van der Waals surface area contributed by atoms with Gasteiger partial charge in [-0.2, -0.15) is 0 Å². The average Bonchev–Trinajstić information content (AvgIpc) is 2.29. The lowest BCUT2D eigenvalue weighted by atomic mass is 9.90. The zero-order valence-electron chi connectivity index (χ0n) is 8.92. The highest BCUT2D eigenvalue weighted by Gasteiger charge is 2.15. The Kier molecular flexibility index (Phi) is 4.12. The lowest BCUT2D eigenvalue weighted by molar-refractivity contribution is 0.460. The average molecular weight is 286 g/mol. The summed E-state index contributed by atoms with van der Waals surface area (Å²) in [6, 6.07) is 6.80. The molecular formula is C12H16BrNS. The molecule has 1 aromatic rings. The maximum atomic E-state index is 3.59. The van der Waals surface area contributed by atoms with E-state index in [0.717, 1.165) is 19.0 Å². The van der Waals surface area contributed by atoms with Crippen molar-refractivity contribution in [2.75, 3.05) is 19.3 Å². The van der Waals surface area contributed by atoms with Crippen LogP contribution in [0.2, 0.25) is 0 Å². The normalized spacial score (nSPS) is 18.0. The fraction of sp³-hybridized carbons (Fsp3) is 0.500. The molecule has 3 heteroatoms. The summed E-state index contributed by atoms with van der Waals surface area (Å²) in [5.41, 5.74) is 1.50. The fourth-order valence-corrected chi connectivity index (χ4v) is 3.25. The van der Waals surface area contributed by atoms with E-state index >= 15 is 0 Å². The Balaban J connectivity index is 2.22. The first-order chi connectivity index (χ1) is 7.29. The number of benzene rings is 1. The Morgan fingerprint density at radius 1 is 1.27 bits per heavy atom. The van der Waals surface area contributed by atoms with E-state index < -0.39 is 0 Å². The molecule has 1 N–H and O–H groups in total. The van der Waals surface area contributed by atoms with Crippen LogP contribution in [0, 0.1) is 0 Å². The summed E-state index contributed by atoms with van der Waals surface area (Å²) in [5, 5.41) is 3.41. The third kappa shape index (κ3) is 2.99. The standard InChI is InChI=1S/C12H16BrNS/c1-15-12-7-10(6-11(13)8-12)9-2-4-14-5-3-9/h6-9,14H,2-5H2,1H3. The minimum atomic E-state index is 0.745. The predicted octanol–water partition coefficient (Wildman–Crippen LogP) is 3.64. The molecule has 15 heavy (non-hydrogen) atoms. The second kappa shape index (κ2) is 5.37. The Bertz CT molecular complexity index is 334. The molecular weight excluding hydrogens is 270 g/mol. The number of thioether (sulfide) groups is 1. The minimum Gasteiger partial charge on any atom is -0.317 e. The summed E-state index contributed by atoms with van der Waals surface area (Å²) < 4.78 is 1.21. The smallest absolute Gasteiger partial charge is 0.0189 e. The molecule has 1 nitrogen and oxygen atoms in total. The van der Waals surface area contributed by atoms with Crippen molar-refractivity contribution in [1.82, 2.24) is 5.32 Å². The zero-order chi connectivity index (χ0) is 10.7. The second-order valence-corrected chi connectivity index (χ2v) is 5.74. The highest BCUT2D eigenvalue weighted by molar-refractivity contribution is 9.10. The molecule has 82 valence electrons. The van der Waals surface area contributed by atoms with Crippen LogP contribution >= 0.6 is 27.7 Å². The van der Waals surface area contributed by atoms with Gasteiger partial charge >= 0.3 is 0 Å². The maximum Gasteiger partial charge on any atom is 0.0189 e. The Morgan fingerprint density at radius 3 is 2.67 bits per heavy atom. The molecule has 0 bridgehead atoms. The van der Waals surface area contributed by atoms with Crippen molar-refractivity contribution in [3.05, 3.63) is 28.2 Å². The summed E-state index contributed by atoms with van der Waals surface area (Å²) >= 11 is 5.41. The summed E-state index contributed by atoms with van der Waals surface area (Å²) in [6.45, 7) is 2.32. The second-order valence-electron chi connectivity index (χ2n) is 3.95. The highest BCUT2D eigenvalue weighted by atomic mass is 79.9. The lowest BCUT2D eigenvalue weighted by Crippen LogP contribution is -2.26. The first kappa shape index (κ1) is 11.5. The van der Waals surface area contributed by atoms with E-state index in [0.29, 0.717) is 0 Å². The fourth-order valence-electron chi connectivity index (χ4n) is 2.09. The van der Waals surface area contributed by atoms with Gasteiger partial charge in [0.05, 0.1) is 0 Å². The largest absolute Gasteiger partial charge is 0.317 e. The van der Waals surface area contributed by atoms with Crippen LogP contribution in [0.1, 0.15) is 24.3 Å². The molecule has 2 rings (SSSR count).